The fourth-order valence-corrected chi connectivity index (χ4v) is 4.34. The number of nitrogens with zero attached hydrogens (tertiary/aromatic N) is 1. The molecule has 0 atom stereocenters. The third-order valence-electron chi connectivity index (χ3n) is 5.80. The van der Waals surface area contributed by atoms with Crippen LogP contribution in [-0.2, 0) is 24.2 Å². The molecule has 0 spiro atoms. The lowest BCUT2D eigenvalue weighted by Crippen LogP contribution is -2.45. The second-order valence-electron chi connectivity index (χ2n) is 7.73. The molecule has 0 unspecified atom stereocenters. The molecule has 138 valence electrons. The Morgan fingerprint density at radius 1 is 1.07 bits per heavy atom. The molecule has 3 nitrogen and oxygen atoms in total. The van der Waals surface area contributed by atoms with Gasteiger partial charge in [0.2, 0.25) is 11.4 Å². The van der Waals surface area contributed by atoms with Gasteiger partial charge in [-0.3, -0.25) is 4.79 Å². The minimum Gasteiger partial charge on any atom is -0.496 e. The molecule has 0 N–H and O–H groups in total. The summed E-state index contributed by atoms with van der Waals surface area (Å²) in [6.45, 7) is 8.95. The second kappa shape index (κ2) is 6.49. The molecule has 0 saturated heterocycles. The minimum atomic E-state index is 0.173. The van der Waals surface area contributed by atoms with E-state index in [1.807, 2.05) is 0 Å². The Morgan fingerprint density at radius 2 is 1.81 bits per heavy atom. The molecule has 3 heteroatoms. The second-order valence-corrected chi connectivity index (χ2v) is 7.73. The van der Waals surface area contributed by atoms with Gasteiger partial charge in [-0.15, -0.1) is 0 Å². The van der Waals surface area contributed by atoms with E-state index in [0.29, 0.717) is 6.42 Å². The number of methoxy groups -OCH3 is 1. The van der Waals surface area contributed by atoms with Gasteiger partial charge in [-0.25, -0.2) is 0 Å². The first kappa shape index (κ1) is 17.7. The molecule has 0 aliphatic carbocycles. The van der Waals surface area contributed by atoms with E-state index in [2.05, 4.69) is 55.7 Å². The third kappa shape index (κ3) is 2.82. The van der Waals surface area contributed by atoms with Gasteiger partial charge in [0.15, 0.2) is 6.54 Å². The molecule has 0 saturated carbocycles. The van der Waals surface area contributed by atoms with Gasteiger partial charge in [0.05, 0.1) is 18.9 Å². The molecule has 0 bridgehead atoms. The number of fused-ring (bicyclic) bond motifs is 4. The maximum Gasteiger partial charge on any atom is 0.213 e. The summed E-state index contributed by atoms with van der Waals surface area (Å²) in [6.07, 6.45) is 1.41. The van der Waals surface area contributed by atoms with E-state index in [-0.39, 0.29) is 5.78 Å². The van der Waals surface area contributed by atoms with Gasteiger partial charge in [-0.2, -0.15) is 4.57 Å². The highest BCUT2D eigenvalue weighted by molar-refractivity contribution is 5.95. The van der Waals surface area contributed by atoms with Crippen LogP contribution in [0.25, 0.3) is 22.0 Å². The van der Waals surface area contributed by atoms with Crippen LogP contribution in [0.3, 0.4) is 0 Å². The standard InChI is InChI=1S/C24H26NO2/c1-14-6-7-19-13-21-20-11-16(3)15(2)10-18(20)8-9-25(21)22(12-17(4)26)23(19)24(14)27-5/h6-7,10-11,13H,8-9,12H2,1-5H3/q+1. The highest BCUT2D eigenvalue weighted by Crippen LogP contribution is 2.36. The fraction of sp³-hybridized carbons (Fsp3) is 0.333. The van der Waals surface area contributed by atoms with Crippen molar-refractivity contribution in [1.82, 2.24) is 0 Å². The van der Waals surface area contributed by atoms with E-state index in [9.17, 15) is 4.79 Å². The highest BCUT2D eigenvalue weighted by atomic mass is 16.5. The zero-order valence-corrected chi connectivity index (χ0v) is 16.8. The lowest BCUT2D eigenvalue weighted by molar-refractivity contribution is -0.692. The largest absolute Gasteiger partial charge is 0.496 e. The molecule has 0 fully saturated rings. The van der Waals surface area contributed by atoms with Gasteiger partial charge in [0, 0.05) is 18.1 Å². The Balaban J connectivity index is 2.11. The summed E-state index contributed by atoms with van der Waals surface area (Å²) < 4.78 is 8.09. The Morgan fingerprint density at radius 3 is 2.52 bits per heavy atom. The van der Waals surface area contributed by atoms with Gasteiger partial charge in [0.1, 0.15) is 11.5 Å². The SMILES string of the molecule is COc1c(C)ccc2cc3[n+](c(CC(C)=O)c12)CCc1cc(C)c(C)cc1-3. The van der Waals surface area contributed by atoms with Crippen molar-refractivity contribution in [3.8, 4) is 17.0 Å². The Bertz CT molecular complexity index is 1100. The van der Waals surface area contributed by atoms with E-state index in [0.717, 1.165) is 40.7 Å². The number of carbonyl (C=O) groups excluding carboxylic acids is 1. The summed E-state index contributed by atoms with van der Waals surface area (Å²) in [4.78, 5) is 12.1. The molecular formula is C24H26NO2+. The first-order valence-electron chi connectivity index (χ1n) is 9.53. The van der Waals surface area contributed by atoms with Crippen LogP contribution in [0.2, 0.25) is 0 Å². The number of hydrogen-bond donors (Lipinski definition) is 0. The number of hydrogen-bond acceptors (Lipinski definition) is 2. The molecule has 1 aliphatic rings. The maximum absolute atomic E-state index is 12.1. The van der Waals surface area contributed by atoms with Gasteiger partial charge >= 0.3 is 0 Å². The quantitative estimate of drug-likeness (QED) is 0.648. The first-order chi connectivity index (χ1) is 12.9. The Hall–Kier alpha value is -2.68. The molecular weight excluding hydrogens is 334 g/mol. The number of pyridine rings is 1. The number of carbonyl (C=O) groups is 1. The van der Waals surface area contributed by atoms with Gasteiger partial charge in [-0.05, 0) is 61.4 Å². The van der Waals surface area contributed by atoms with E-state index in [1.54, 1.807) is 14.0 Å². The van der Waals surface area contributed by atoms with Crippen LogP contribution in [-0.4, -0.2) is 12.9 Å². The van der Waals surface area contributed by atoms with Crippen molar-refractivity contribution in [2.75, 3.05) is 7.11 Å². The summed E-state index contributed by atoms with van der Waals surface area (Å²) in [7, 11) is 1.71. The van der Waals surface area contributed by atoms with Crippen molar-refractivity contribution >= 4 is 16.6 Å². The maximum atomic E-state index is 12.1. The predicted molar refractivity (Wildman–Crippen MR) is 108 cm³/mol. The molecule has 0 amide bonds. The molecule has 2 heterocycles. The molecule has 4 rings (SSSR count). The molecule has 1 aliphatic heterocycles. The van der Waals surface area contributed by atoms with Gasteiger partial charge in [-0.1, -0.05) is 18.2 Å². The minimum absolute atomic E-state index is 0.173. The Labute approximate surface area is 160 Å². The summed E-state index contributed by atoms with van der Waals surface area (Å²) >= 11 is 0. The normalized spacial score (nSPS) is 12.6. The van der Waals surface area contributed by atoms with Crippen molar-refractivity contribution < 1.29 is 14.1 Å². The van der Waals surface area contributed by atoms with Crippen LogP contribution in [0, 0.1) is 20.8 Å². The summed E-state index contributed by atoms with van der Waals surface area (Å²) in [5.41, 5.74) is 8.69. The highest BCUT2D eigenvalue weighted by Gasteiger charge is 2.30. The number of Topliss-reactive ketones (excluding diaryl/α,β-unsaturated/α-hetero) is 1. The van der Waals surface area contributed by atoms with Crippen molar-refractivity contribution in [2.45, 2.75) is 47.1 Å². The predicted octanol–water partition coefficient (Wildman–Crippen LogP) is 4.42. The number of ether oxygens (including phenoxy) is 1. The van der Waals surface area contributed by atoms with Crippen molar-refractivity contribution in [1.29, 1.82) is 0 Å². The van der Waals surface area contributed by atoms with E-state index < -0.39 is 0 Å². The van der Waals surface area contributed by atoms with Crippen LogP contribution in [0.4, 0.5) is 0 Å². The van der Waals surface area contributed by atoms with Crippen molar-refractivity contribution in [3.05, 3.63) is 58.3 Å². The van der Waals surface area contributed by atoms with E-state index in [1.165, 1.54) is 27.9 Å². The zero-order valence-electron chi connectivity index (χ0n) is 16.8. The number of rotatable bonds is 3. The molecule has 1 aromatic heterocycles. The monoisotopic (exact) mass is 360 g/mol. The van der Waals surface area contributed by atoms with Crippen LogP contribution in [0.15, 0.2) is 30.3 Å². The lowest BCUT2D eigenvalue weighted by Gasteiger charge is -2.21. The van der Waals surface area contributed by atoms with E-state index in [4.69, 9.17) is 4.74 Å². The summed E-state index contributed by atoms with van der Waals surface area (Å²) in [5.74, 6) is 1.05. The van der Waals surface area contributed by atoms with Crippen molar-refractivity contribution in [3.63, 3.8) is 0 Å². The fourth-order valence-electron chi connectivity index (χ4n) is 4.34. The average molecular weight is 360 g/mol. The molecule has 3 aromatic rings. The van der Waals surface area contributed by atoms with Crippen LogP contribution >= 0.6 is 0 Å². The average Bonchev–Trinajstić information content (AvgIpc) is 2.62. The molecule has 2 aromatic carbocycles. The zero-order chi connectivity index (χ0) is 19.3. The lowest BCUT2D eigenvalue weighted by atomic mass is 9.90. The third-order valence-corrected chi connectivity index (χ3v) is 5.80. The molecule has 0 radical (unpaired) electrons. The van der Waals surface area contributed by atoms with Gasteiger partial charge in [0.25, 0.3) is 0 Å². The first-order valence-corrected chi connectivity index (χ1v) is 9.53. The smallest absolute Gasteiger partial charge is 0.213 e. The number of benzene rings is 2. The van der Waals surface area contributed by atoms with Gasteiger partial charge < -0.3 is 4.74 Å². The summed E-state index contributed by atoms with van der Waals surface area (Å²) in [5, 5.41) is 2.20. The van der Waals surface area contributed by atoms with Crippen LogP contribution in [0.5, 0.6) is 5.75 Å². The Kier molecular flexibility index (Phi) is 4.26. The number of aryl methyl sites for hydroxylation is 4. The van der Waals surface area contributed by atoms with Crippen LogP contribution < -0.4 is 9.30 Å². The number of ketones is 1. The summed E-state index contributed by atoms with van der Waals surface area (Å²) in [6, 6.07) is 11.1. The number of aromatic nitrogens is 1. The molecule has 27 heavy (non-hydrogen) atoms. The topological polar surface area (TPSA) is 30.2 Å². The van der Waals surface area contributed by atoms with E-state index >= 15 is 0 Å². The van der Waals surface area contributed by atoms with Crippen molar-refractivity contribution in [2.24, 2.45) is 0 Å². The van der Waals surface area contributed by atoms with Crippen LogP contribution in [0.1, 0.15) is 34.9 Å².